The number of rotatable bonds is 9. The highest BCUT2D eigenvalue weighted by Crippen LogP contribution is 2.33. The van der Waals surface area contributed by atoms with Crippen molar-refractivity contribution in [2.24, 2.45) is 10.9 Å². The lowest BCUT2D eigenvalue weighted by Crippen LogP contribution is -2.13. The maximum atomic E-state index is 11.7. The molecule has 0 aliphatic heterocycles. The Bertz CT molecular complexity index is 1160. The maximum Gasteiger partial charge on any atom is 0.170 e. The van der Waals surface area contributed by atoms with Crippen LogP contribution in [0.3, 0.4) is 0 Å². The van der Waals surface area contributed by atoms with Crippen molar-refractivity contribution in [1.82, 2.24) is 0 Å². The Hall–Kier alpha value is -3.84. The number of ketones is 1. The number of benzene rings is 3. The molecule has 7 heteroatoms. The van der Waals surface area contributed by atoms with E-state index in [4.69, 9.17) is 15.7 Å². The average molecular weight is 449 g/mol. The molecule has 0 amide bonds. The monoisotopic (exact) mass is 448 g/mol. The second kappa shape index (κ2) is 10.7. The number of Topliss-reactive ketones (excluding diaryl/α,β-unsaturated/α-hetero) is 1. The number of hydrogen-bond donors (Lipinski definition) is 4. The Morgan fingerprint density at radius 2 is 1.82 bits per heavy atom. The molecule has 0 heterocycles. The predicted molar refractivity (Wildman–Crippen MR) is 126 cm³/mol. The number of aliphatic hydroxyl groups excluding tert-OH is 1. The third kappa shape index (κ3) is 5.51. The van der Waals surface area contributed by atoms with Crippen molar-refractivity contribution < 1.29 is 25.0 Å². The van der Waals surface area contributed by atoms with E-state index in [1.807, 2.05) is 31.2 Å². The number of ether oxygens (including phenoxy) is 1. The van der Waals surface area contributed by atoms with Gasteiger partial charge in [0.1, 0.15) is 24.2 Å². The first-order valence-electron chi connectivity index (χ1n) is 10.7. The molecule has 0 aliphatic carbocycles. The molecule has 0 aromatic heterocycles. The van der Waals surface area contributed by atoms with Gasteiger partial charge in [0.25, 0.3) is 0 Å². The van der Waals surface area contributed by atoms with Gasteiger partial charge in [-0.1, -0.05) is 61.0 Å². The third-order valence-electron chi connectivity index (χ3n) is 5.41. The molecule has 0 radical (unpaired) electrons. The van der Waals surface area contributed by atoms with E-state index in [0.717, 1.165) is 12.0 Å². The summed E-state index contributed by atoms with van der Waals surface area (Å²) >= 11 is 0. The molecule has 1 atom stereocenters. The molecule has 3 aromatic rings. The van der Waals surface area contributed by atoms with Crippen molar-refractivity contribution in [3.8, 4) is 11.5 Å². The van der Waals surface area contributed by atoms with Crippen LogP contribution in [0.5, 0.6) is 11.5 Å². The minimum absolute atomic E-state index is 0.0190. The van der Waals surface area contributed by atoms with Gasteiger partial charge in [0.15, 0.2) is 11.6 Å². The topological polar surface area (TPSA) is 125 Å². The largest absolute Gasteiger partial charge is 0.507 e. The fourth-order valence-corrected chi connectivity index (χ4v) is 3.60. The first kappa shape index (κ1) is 23.8. The number of carbonyl (C=O) groups is 1. The van der Waals surface area contributed by atoms with E-state index < -0.39 is 6.10 Å². The van der Waals surface area contributed by atoms with Gasteiger partial charge in [0.2, 0.25) is 0 Å². The first-order valence-corrected chi connectivity index (χ1v) is 10.7. The van der Waals surface area contributed by atoms with E-state index in [9.17, 15) is 15.0 Å². The minimum Gasteiger partial charge on any atom is -0.507 e. The lowest BCUT2D eigenvalue weighted by molar-refractivity contribution is 0.101. The minimum atomic E-state index is -0.876. The van der Waals surface area contributed by atoms with Crippen molar-refractivity contribution in [3.05, 3.63) is 94.0 Å². The summed E-state index contributed by atoms with van der Waals surface area (Å²) in [5, 5.41) is 33.1. The van der Waals surface area contributed by atoms with Gasteiger partial charge in [-0.25, -0.2) is 0 Å². The number of aromatic hydroxyl groups is 1. The molecular formula is C26H28N2O5. The van der Waals surface area contributed by atoms with Gasteiger partial charge in [0.05, 0.1) is 5.56 Å². The number of phenols is 1. The lowest BCUT2D eigenvalue weighted by Gasteiger charge is -2.16. The van der Waals surface area contributed by atoms with Crippen LogP contribution in [0.4, 0.5) is 0 Å². The molecule has 0 bridgehead atoms. The number of aliphatic hydroxyl groups is 1. The normalized spacial score (nSPS) is 12.4. The van der Waals surface area contributed by atoms with Crippen molar-refractivity contribution >= 4 is 11.6 Å². The number of phenolic OH excluding ortho intramolecular Hbond substituents is 1. The van der Waals surface area contributed by atoms with Crippen LogP contribution in [-0.4, -0.2) is 27.0 Å². The fourth-order valence-electron chi connectivity index (χ4n) is 3.60. The molecule has 33 heavy (non-hydrogen) atoms. The number of amidine groups is 1. The molecule has 172 valence electrons. The highest BCUT2D eigenvalue weighted by atomic mass is 16.5. The van der Waals surface area contributed by atoms with E-state index in [-0.39, 0.29) is 24.0 Å². The number of hydrogen-bond acceptors (Lipinski definition) is 6. The summed E-state index contributed by atoms with van der Waals surface area (Å²) in [6, 6.07) is 17.5. The highest BCUT2D eigenvalue weighted by molar-refractivity contribution is 5.97. The summed E-state index contributed by atoms with van der Waals surface area (Å²) in [5.74, 6) is 0.307. The van der Waals surface area contributed by atoms with Crippen molar-refractivity contribution in [2.75, 3.05) is 0 Å². The van der Waals surface area contributed by atoms with Crippen molar-refractivity contribution in [1.29, 1.82) is 0 Å². The molecule has 3 rings (SSSR count). The Kier molecular flexibility index (Phi) is 7.69. The maximum absolute atomic E-state index is 11.7. The van der Waals surface area contributed by atoms with Crippen LogP contribution in [0.1, 0.15) is 64.5 Å². The van der Waals surface area contributed by atoms with Crippen molar-refractivity contribution in [3.63, 3.8) is 0 Å². The molecule has 0 saturated heterocycles. The molecule has 1 unspecified atom stereocenters. The summed E-state index contributed by atoms with van der Waals surface area (Å²) in [7, 11) is 0. The predicted octanol–water partition coefficient (Wildman–Crippen LogP) is 4.30. The Morgan fingerprint density at radius 1 is 1.09 bits per heavy atom. The van der Waals surface area contributed by atoms with E-state index in [1.54, 1.807) is 36.4 Å². The second-order valence-corrected chi connectivity index (χ2v) is 7.79. The Morgan fingerprint density at radius 3 is 2.45 bits per heavy atom. The molecule has 3 aromatic carbocycles. The zero-order chi connectivity index (χ0) is 24.0. The van der Waals surface area contributed by atoms with E-state index in [1.165, 1.54) is 6.92 Å². The molecule has 0 spiro atoms. The number of nitrogens with zero attached hydrogens (tertiary/aromatic N) is 1. The fraction of sp³-hybridized carbons (Fsp3) is 0.231. The van der Waals surface area contributed by atoms with Gasteiger partial charge < -0.3 is 25.9 Å². The summed E-state index contributed by atoms with van der Waals surface area (Å²) < 4.78 is 5.95. The van der Waals surface area contributed by atoms with Gasteiger partial charge in [-0.15, -0.1) is 0 Å². The molecule has 0 aliphatic rings. The highest BCUT2D eigenvalue weighted by Gasteiger charge is 2.16. The standard InChI is InChI=1S/C26H28N2O5/c1-3-5-22-23(13-12-21(16(2)29)25(22)31)33-15-17-8-10-18(11-9-17)24(30)19-6-4-7-20(14-19)26(27)28-32/h4,6-14,24,30-32H,3,5,15H2,1-2H3,(H2,27,28). The SMILES string of the molecule is CCCc1c(OCc2ccc(C(O)c3cccc(/C(N)=N/O)c3)cc2)ccc(C(C)=O)c1O. The van der Waals surface area contributed by atoms with Gasteiger partial charge in [0, 0.05) is 11.1 Å². The van der Waals surface area contributed by atoms with Gasteiger partial charge in [-0.3, -0.25) is 4.79 Å². The van der Waals surface area contributed by atoms with Crippen LogP contribution in [0.2, 0.25) is 0 Å². The van der Waals surface area contributed by atoms with Crippen molar-refractivity contribution in [2.45, 2.75) is 39.4 Å². The van der Waals surface area contributed by atoms with Gasteiger partial charge in [-0.05, 0) is 48.2 Å². The number of carbonyl (C=O) groups excluding carboxylic acids is 1. The van der Waals surface area contributed by atoms with Crippen LogP contribution in [-0.2, 0) is 13.0 Å². The molecular weight excluding hydrogens is 420 g/mol. The quantitative estimate of drug-likeness (QED) is 0.127. The van der Waals surface area contributed by atoms with Crippen LogP contribution < -0.4 is 10.5 Å². The van der Waals surface area contributed by atoms with E-state index >= 15 is 0 Å². The van der Waals surface area contributed by atoms with Gasteiger partial charge in [-0.2, -0.15) is 0 Å². The summed E-state index contributed by atoms with van der Waals surface area (Å²) in [4.78, 5) is 11.7. The summed E-state index contributed by atoms with van der Waals surface area (Å²) in [5.41, 5.74) is 9.26. The second-order valence-electron chi connectivity index (χ2n) is 7.79. The molecule has 5 N–H and O–H groups in total. The third-order valence-corrected chi connectivity index (χ3v) is 5.41. The first-order chi connectivity index (χ1) is 15.8. The zero-order valence-electron chi connectivity index (χ0n) is 18.7. The summed E-state index contributed by atoms with van der Waals surface area (Å²) in [6.45, 7) is 3.69. The Labute approximate surface area is 192 Å². The van der Waals surface area contributed by atoms with E-state index in [0.29, 0.717) is 40.0 Å². The van der Waals surface area contributed by atoms with Crippen LogP contribution in [0.25, 0.3) is 0 Å². The average Bonchev–Trinajstić information content (AvgIpc) is 2.83. The van der Waals surface area contributed by atoms with Crippen LogP contribution in [0, 0.1) is 0 Å². The Balaban J connectivity index is 1.74. The molecule has 0 saturated carbocycles. The van der Waals surface area contributed by atoms with Crippen LogP contribution >= 0.6 is 0 Å². The number of oxime groups is 1. The molecule has 0 fully saturated rings. The molecule has 7 nitrogen and oxygen atoms in total. The number of nitrogens with two attached hydrogens (primary N) is 1. The summed E-state index contributed by atoms with van der Waals surface area (Å²) in [6.07, 6.45) is 0.519. The zero-order valence-corrected chi connectivity index (χ0v) is 18.7. The smallest absolute Gasteiger partial charge is 0.170 e. The lowest BCUT2D eigenvalue weighted by atomic mass is 9.98. The van der Waals surface area contributed by atoms with Gasteiger partial charge >= 0.3 is 0 Å². The van der Waals surface area contributed by atoms with Crippen LogP contribution in [0.15, 0.2) is 65.8 Å². The van der Waals surface area contributed by atoms with E-state index in [2.05, 4.69) is 5.16 Å².